The predicted molar refractivity (Wildman–Crippen MR) is 176 cm³/mol. The third kappa shape index (κ3) is 11.4. The Morgan fingerprint density at radius 1 is 0.891 bits per heavy atom. The van der Waals surface area contributed by atoms with Crippen molar-refractivity contribution in [2.45, 2.75) is 103 Å². The third-order valence-corrected chi connectivity index (χ3v) is 8.01. The van der Waals surface area contributed by atoms with Crippen LogP contribution < -0.4 is 38.5 Å². The molecule has 0 aliphatic heterocycles. The number of hydrogen-bond donors (Lipinski definition) is 9. The Bertz CT molecular complexity index is 1330. The number of amides is 5. The summed E-state index contributed by atoms with van der Waals surface area (Å²) in [5, 5.41) is 22.3. The standard InChI is InChI=1S/C32H52N8O6/c1-6-18(4)27(39-29(43)23(34)11-12-26(35)42)31(45)40-28(19(5)41)32(46)38-25(13-17(2)3)30(44)37-21(15-33)14-20-16-36-24-10-8-7-9-22(20)24/h7-10,16-19,21,23,25,27-28,36,41H,6,11-15,33-34H2,1-5H3,(H2,35,42)(H,37,44)(H,38,46)(H,39,43)(H,40,45)/t18-,19+,21-,23-,25-,27-,28-/m0/s1. The summed E-state index contributed by atoms with van der Waals surface area (Å²) in [4.78, 5) is 67.3. The Morgan fingerprint density at radius 2 is 1.52 bits per heavy atom. The maximum Gasteiger partial charge on any atom is 0.245 e. The molecular weight excluding hydrogens is 592 g/mol. The lowest BCUT2D eigenvalue weighted by atomic mass is 9.96. The number of hydrogen-bond acceptors (Lipinski definition) is 8. The summed E-state index contributed by atoms with van der Waals surface area (Å²) in [6, 6.07) is 2.82. The van der Waals surface area contributed by atoms with Crippen LogP contribution in [-0.2, 0) is 30.4 Å². The number of aliphatic hydroxyl groups excluding tert-OH is 1. The maximum atomic E-state index is 13.5. The number of fused-ring (bicyclic) bond motifs is 1. The Morgan fingerprint density at radius 3 is 2.11 bits per heavy atom. The second-order valence-corrected chi connectivity index (χ2v) is 12.4. The molecule has 1 aromatic heterocycles. The average molecular weight is 645 g/mol. The summed E-state index contributed by atoms with van der Waals surface area (Å²) < 4.78 is 0. The van der Waals surface area contributed by atoms with Crippen LogP contribution in [-0.4, -0.2) is 82.5 Å². The molecule has 2 rings (SSSR count). The topological polar surface area (TPSA) is 248 Å². The van der Waals surface area contributed by atoms with Gasteiger partial charge >= 0.3 is 0 Å². The number of nitrogens with one attached hydrogen (secondary N) is 5. The molecule has 0 radical (unpaired) electrons. The van der Waals surface area contributed by atoms with Crippen molar-refractivity contribution in [2.75, 3.05) is 6.54 Å². The normalized spacial score (nSPS) is 16.0. The predicted octanol–water partition coefficient (Wildman–Crippen LogP) is -0.326. The fraction of sp³-hybridized carbons (Fsp3) is 0.594. The first-order chi connectivity index (χ1) is 21.7. The fourth-order valence-electron chi connectivity index (χ4n) is 5.06. The highest BCUT2D eigenvalue weighted by Crippen LogP contribution is 2.19. The van der Waals surface area contributed by atoms with Crippen LogP contribution in [0.5, 0.6) is 0 Å². The molecule has 2 aromatic rings. The smallest absolute Gasteiger partial charge is 0.245 e. The molecule has 256 valence electrons. The first kappa shape index (κ1) is 38.2. The molecule has 0 unspecified atom stereocenters. The van der Waals surface area contributed by atoms with Gasteiger partial charge in [-0.15, -0.1) is 0 Å². The minimum absolute atomic E-state index is 0.000808. The van der Waals surface area contributed by atoms with Crippen LogP contribution in [0, 0.1) is 11.8 Å². The Hall–Kier alpha value is -4.01. The molecule has 7 atom stereocenters. The highest BCUT2D eigenvalue weighted by Gasteiger charge is 2.35. The van der Waals surface area contributed by atoms with Crippen LogP contribution in [0.4, 0.5) is 0 Å². The second-order valence-electron chi connectivity index (χ2n) is 12.4. The number of aromatic nitrogens is 1. The zero-order valence-corrected chi connectivity index (χ0v) is 27.5. The van der Waals surface area contributed by atoms with Gasteiger partial charge in [0.25, 0.3) is 0 Å². The fourth-order valence-corrected chi connectivity index (χ4v) is 5.06. The molecule has 0 saturated carbocycles. The summed E-state index contributed by atoms with van der Waals surface area (Å²) in [5.41, 5.74) is 19.0. The number of carbonyl (C=O) groups excluding carboxylic acids is 5. The van der Waals surface area contributed by atoms with Crippen molar-refractivity contribution in [3.63, 3.8) is 0 Å². The van der Waals surface area contributed by atoms with E-state index in [0.29, 0.717) is 12.8 Å². The highest BCUT2D eigenvalue weighted by atomic mass is 16.3. The number of aliphatic hydroxyl groups is 1. The van der Waals surface area contributed by atoms with Gasteiger partial charge in [0.1, 0.15) is 18.1 Å². The van der Waals surface area contributed by atoms with Crippen molar-refractivity contribution >= 4 is 40.4 Å². The zero-order chi connectivity index (χ0) is 34.6. The quantitative estimate of drug-likeness (QED) is 0.0977. The lowest BCUT2D eigenvalue weighted by Gasteiger charge is -2.30. The summed E-state index contributed by atoms with van der Waals surface area (Å²) in [6.07, 6.45) is 1.70. The van der Waals surface area contributed by atoms with Crippen molar-refractivity contribution in [3.05, 3.63) is 36.0 Å². The van der Waals surface area contributed by atoms with Gasteiger partial charge in [-0.3, -0.25) is 24.0 Å². The number of benzene rings is 1. The zero-order valence-electron chi connectivity index (χ0n) is 27.5. The van der Waals surface area contributed by atoms with E-state index in [2.05, 4.69) is 26.3 Å². The van der Waals surface area contributed by atoms with Gasteiger partial charge < -0.3 is 48.6 Å². The van der Waals surface area contributed by atoms with Crippen LogP contribution in [0.3, 0.4) is 0 Å². The molecule has 46 heavy (non-hydrogen) atoms. The molecule has 0 saturated heterocycles. The summed E-state index contributed by atoms with van der Waals surface area (Å²) in [6.45, 7) is 8.87. The number of aromatic amines is 1. The van der Waals surface area contributed by atoms with E-state index in [9.17, 15) is 29.1 Å². The molecule has 5 amide bonds. The van der Waals surface area contributed by atoms with Gasteiger partial charge in [-0.2, -0.15) is 0 Å². The van der Waals surface area contributed by atoms with Gasteiger partial charge in [0.15, 0.2) is 0 Å². The molecule has 0 aliphatic rings. The van der Waals surface area contributed by atoms with Crippen molar-refractivity contribution in [1.82, 2.24) is 26.3 Å². The number of carbonyl (C=O) groups is 5. The number of para-hydroxylation sites is 1. The molecule has 1 heterocycles. The van der Waals surface area contributed by atoms with Crippen molar-refractivity contribution in [1.29, 1.82) is 0 Å². The molecule has 0 bridgehead atoms. The minimum atomic E-state index is -1.43. The summed E-state index contributed by atoms with van der Waals surface area (Å²) in [5.74, 6) is -3.53. The summed E-state index contributed by atoms with van der Waals surface area (Å²) in [7, 11) is 0. The van der Waals surface area contributed by atoms with E-state index < -0.39 is 65.8 Å². The number of nitrogens with two attached hydrogens (primary N) is 3. The van der Waals surface area contributed by atoms with Crippen LogP contribution in [0.15, 0.2) is 30.5 Å². The monoisotopic (exact) mass is 644 g/mol. The molecule has 14 nitrogen and oxygen atoms in total. The van der Waals surface area contributed by atoms with Gasteiger partial charge in [0, 0.05) is 36.1 Å². The van der Waals surface area contributed by atoms with E-state index in [1.54, 1.807) is 6.92 Å². The van der Waals surface area contributed by atoms with Crippen LogP contribution in [0.25, 0.3) is 10.9 Å². The number of primary amides is 1. The van der Waals surface area contributed by atoms with Crippen molar-refractivity contribution < 1.29 is 29.1 Å². The van der Waals surface area contributed by atoms with Gasteiger partial charge in [0.05, 0.1) is 12.1 Å². The Balaban J connectivity index is 2.16. The van der Waals surface area contributed by atoms with Crippen LogP contribution in [0.1, 0.15) is 65.9 Å². The second kappa shape index (κ2) is 18.2. The molecule has 1 aromatic carbocycles. The van der Waals surface area contributed by atoms with Gasteiger partial charge in [-0.1, -0.05) is 52.3 Å². The lowest BCUT2D eigenvalue weighted by molar-refractivity contribution is -0.136. The average Bonchev–Trinajstić information content (AvgIpc) is 3.41. The largest absolute Gasteiger partial charge is 0.391 e. The van der Waals surface area contributed by atoms with Crippen molar-refractivity contribution in [2.24, 2.45) is 29.0 Å². The van der Waals surface area contributed by atoms with E-state index in [1.165, 1.54) is 6.92 Å². The SMILES string of the molecule is CC[C@H](C)[C@H](NC(=O)[C@@H](N)CCC(N)=O)C(=O)N[C@H](C(=O)N[C@@H](CC(C)C)C(=O)N[C@H](CN)Cc1c[nH]c2ccccc12)[C@@H](C)O. The van der Waals surface area contributed by atoms with Gasteiger partial charge in [-0.25, -0.2) is 0 Å². The van der Waals surface area contributed by atoms with E-state index in [1.807, 2.05) is 51.2 Å². The molecule has 0 aliphatic carbocycles. The van der Waals surface area contributed by atoms with Crippen molar-refractivity contribution in [3.8, 4) is 0 Å². The van der Waals surface area contributed by atoms with E-state index in [-0.39, 0.29) is 37.6 Å². The molecule has 0 fully saturated rings. The Kier molecular flexibility index (Phi) is 15.1. The minimum Gasteiger partial charge on any atom is -0.391 e. The molecule has 14 heteroatoms. The summed E-state index contributed by atoms with van der Waals surface area (Å²) >= 11 is 0. The van der Waals surface area contributed by atoms with Crippen LogP contribution >= 0.6 is 0 Å². The molecule has 12 N–H and O–H groups in total. The highest BCUT2D eigenvalue weighted by molar-refractivity contribution is 5.95. The van der Waals surface area contributed by atoms with E-state index in [4.69, 9.17) is 17.2 Å². The maximum absolute atomic E-state index is 13.5. The number of rotatable bonds is 19. The van der Waals surface area contributed by atoms with Gasteiger partial charge in [-0.05, 0) is 49.7 Å². The Labute approximate surface area is 270 Å². The van der Waals surface area contributed by atoms with Crippen LogP contribution in [0.2, 0.25) is 0 Å². The van der Waals surface area contributed by atoms with Gasteiger partial charge in [0.2, 0.25) is 29.5 Å². The molecular formula is C32H52N8O6. The molecule has 0 spiro atoms. The number of H-pyrrole nitrogens is 1. The lowest BCUT2D eigenvalue weighted by Crippen LogP contribution is -2.62. The first-order valence-corrected chi connectivity index (χ1v) is 15.9. The van der Waals surface area contributed by atoms with E-state index in [0.717, 1.165) is 16.5 Å². The first-order valence-electron chi connectivity index (χ1n) is 15.9. The van der Waals surface area contributed by atoms with E-state index >= 15 is 0 Å². The third-order valence-electron chi connectivity index (χ3n) is 8.01.